The number of nitrogens with one attached hydrogen (secondary N) is 1. The van der Waals surface area contributed by atoms with E-state index in [1.54, 1.807) is 30.5 Å². The van der Waals surface area contributed by atoms with E-state index in [4.69, 9.17) is 9.47 Å². The number of aromatic nitrogens is 1. The Morgan fingerprint density at radius 3 is 2.75 bits per heavy atom. The number of pyridine rings is 1. The molecule has 0 aliphatic heterocycles. The summed E-state index contributed by atoms with van der Waals surface area (Å²) < 4.78 is 24.1. The van der Waals surface area contributed by atoms with E-state index >= 15 is 0 Å². The summed E-state index contributed by atoms with van der Waals surface area (Å²) in [6.07, 6.45) is 1.66. The van der Waals surface area contributed by atoms with Gasteiger partial charge in [0, 0.05) is 18.2 Å². The van der Waals surface area contributed by atoms with Gasteiger partial charge in [-0.3, -0.25) is 0 Å². The van der Waals surface area contributed by atoms with E-state index < -0.39 is 0 Å². The molecule has 1 heterocycles. The van der Waals surface area contributed by atoms with Gasteiger partial charge in [-0.05, 0) is 19.1 Å². The maximum absolute atomic E-state index is 13.9. The Bertz CT molecular complexity index is 558. The van der Waals surface area contributed by atoms with Gasteiger partial charge in [0.2, 0.25) is 5.88 Å². The third-order valence-corrected chi connectivity index (χ3v) is 2.77. The predicted octanol–water partition coefficient (Wildman–Crippen LogP) is 3.24. The number of nitrogens with zero attached hydrogens (tertiary/aromatic N) is 1. The van der Waals surface area contributed by atoms with Crippen LogP contribution >= 0.6 is 0 Å². The van der Waals surface area contributed by atoms with E-state index in [2.05, 4.69) is 10.3 Å². The summed E-state index contributed by atoms with van der Waals surface area (Å²) >= 11 is 0. The zero-order valence-electron chi connectivity index (χ0n) is 11.5. The molecule has 1 aromatic heterocycles. The molecule has 0 bridgehead atoms. The van der Waals surface area contributed by atoms with Crippen molar-refractivity contribution in [1.29, 1.82) is 0 Å². The fourth-order valence-electron chi connectivity index (χ4n) is 1.77. The smallest absolute Gasteiger partial charge is 0.213 e. The Morgan fingerprint density at radius 2 is 2.10 bits per heavy atom. The van der Waals surface area contributed by atoms with Crippen molar-refractivity contribution < 1.29 is 13.9 Å². The van der Waals surface area contributed by atoms with Gasteiger partial charge in [0.15, 0.2) is 11.6 Å². The van der Waals surface area contributed by atoms with Gasteiger partial charge in [-0.25, -0.2) is 9.37 Å². The first-order valence-electron chi connectivity index (χ1n) is 6.38. The molecule has 0 saturated carbocycles. The second kappa shape index (κ2) is 6.75. The summed E-state index contributed by atoms with van der Waals surface area (Å²) in [7, 11) is 1.45. The number of rotatable bonds is 6. The number of halogens is 1. The topological polar surface area (TPSA) is 43.4 Å². The van der Waals surface area contributed by atoms with Gasteiger partial charge in [-0.1, -0.05) is 12.1 Å². The third-order valence-electron chi connectivity index (χ3n) is 2.77. The van der Waals surface area contributed by atoms with Crippen molar-refractivity contribution in [2.45, 2.75) is 13.5 Å². The molecule has 0 spiro atoms. The molecule has 0 aliphatic carbocycles. The third kappa shape index (κ3) is 3.38. The second-order valence-corrected chi connectivity index (χ2v) is 4.11. The van der Waals surface area contributed by atoms with Crippen LogP contribution in [0.1, 0.15) is 12.5 Å². The maximum atomic E-state index is 13.9. The highest BCUT2D eigenvalue weighted by Crippen LogP contribution is 2.21. The van der Waals surface area contributed by atoms with Crippen molar-refractivity contribution in [2.75, 3.05) is 19.0 Å². The summed E-state index contributed by atoms with van der Waals surface area (Å²) in [4.78, 5) is 4.13. The molecule has 20 heavy (non-hydrogen) atoms. The zero-order chi connectivity index (χ0) is 14.4. The van der Waals surface area contributed by atoms with E-state index in [-0.39, 0.29) is 11.6 Å². The molecule has 1 aromatic carbocycles. The van der Waals surface area contributed by atoms with Crippen LogP contribution in [-0.2, 0) is 6.54 Å². The van der Waals surface area contributed by atoms with Crippen LogP contribution in [0.25, 0.3) is 0 Å². The van der Waals surface area contributed by atoms with Crippen molar-refractivity contribution in [2.24, 2.45) is 0 Å². The summed E-state index contributed by atoms with van der Waals surface area (Å²) in [5, 5.41) is 3.11. The molecule has 2 rings (SSSR count). The van der Waals surface area contributed by atoms with Crippen molar-refractivity contribution in [1.82, 2.24) is 4.98 Å². The van der Waals surface area contributed by atoms with Crippen LogP contribution < -0.4 is 14.8 Å². The summed E-state index contributed by atoms with van der Waals surface area (Å²) in [5.41, 5.74) is 1.34. The van der Waals surface area contributed by atoms with Gasteiger partial charge in [-0.15, -0.1) is 0 Å². The zero-order valence-corrected chi connectivity index (χ0v) is 11.5. The average Bonchev–Trinajstić information content (AvgIpc) is 2.48. The van der Waals surface area contributed by atoms with Gasteiger partial charge in [-0.2, -0.15) is 0 Å². The van der Waals surface area contributed by atoms with Gasteiger partial charge < -0.3 is 14.8 Å². The number of hydrogen-bond acceptors (Lipinski definition) is 4. The Labute approximate surface area is 117 Å². The van der Waals surface area contributed by atoms with Crippen LogP contribution in [0.15, 0.2) is 36.5 Å². The molecule has 0 atom stereocenters. The standard InChI is InChI=1S/C15H17FN2O2/c1-3-20-14-8-7-12(10-18-14)17-9-11-5-4-6-13(19-2)15(11)16/h4-8,10,17H,3,9H2,1-2H3. The lowest BCUT2D eigenvalue weighted by atomic mass is 10.2. The minimum atomic E-state index is -0.346. The molecule has 0 aliphatic rings. The number of hydrogen-bond donors (Lipinski definition) is 1. The largest absolute Gasteiger partial charge is 0.494 e. The van der Waals surface area contributed by atoms with Crippen molar-refractivity contribution in [3.63, 3.8) is 0 Å². The SMILES string of the molecule is CCOc1ccc(NCc2cccc(OC)c2F)cn1. The van der Waals surface area contributed by atoms with Crippen LogP contribution in [0.5, 0.6) is 11.6 Å². The first-order chi connectivity index (χ1) is 9.74. The molecule has 0 saturated heterocycles. The lowest BCUT2D eigenvalue weighted by Crippen LogP contribution is -2.03. The summed E-state index contributed by atoms with van der Waals surface area (Å²) in [6.45, 7) is 2.84. The molecule has 1 N–H and O–H groups in total. The van der Waals surface area contributed by atoms with Crippen LogP contribution in [0.3, 0.4) is 0 Å². The Balaban J connectivity index is 2.01. The molecule has 2 aromatic rings. The van der Waals surface area contributed by atoms with Crippen LogP contribution in [-0.4, -0.2) is 18.7 Å². The van der Waals surface area contributed by atoms with Crippen LogP contribution in [0.2, 0.25) is 0 Å². The minimum absolute atomic E-state index is 0.245. The quantitative estimate of drug-likeness (QED) is 0.879. The van der Waals surface area contributed by atoms with Gasteiger partial charge >= 0.3 is 0 Å². The first-order valence-corrected chi connectivity index (χ1v) is 6.38. The monoisotopic (exact) mass is 276 g/mol. The van der Waals surface area contributed by atoms with Crippen LogP contribution in [0, 0.1) is 5.82 Å². The Kier molecular flexibility index (Phi) is 4.76. The number of benzene rings is 1. The fraction of sp³-hybridized carbons (Fsp3) is 0.267. The van der Waals surface area contributed by atoms with Gasteiger partial charge in [0.05, 0.1) is 25.6 Å². The molecule has 0 fully saturated rings. The highest BCUT2D eigenvalue weighted by Gasteiger charge is 2.07. The maximum Gasteiger partial charge on any atom is 0.213 e. The minimum Gasteiger partial charge on any atom is -0.494 e. The number of anilines is 1. The molecule has 0 amide bonds. The van der Waals surface area contributed by atoms with Crippen LogP contribution in [0.4, 0.5) is 10.1 Å². The average molecular weight is 276 g/mol. The first kappa shape index (κ1) is 14.1. The highest BCUT2D eigenvalue weighted by molar-refractivity contribution is 5.43. The number of methoxy groups -OCH3 is 1. The molecule has 5 heteroatoms. The molecule has 106 valence electrons. The lowest BCUT2D eigenvalue weighted by molar-refractivity contribution is 0.327. The fourth-order valence-corrected chi connectivity index (χ4v) is 1.77. The van der Waals surface area contributed by atoms with Crippen molar-refractivity contribution in [3.8, 4) is 11.6 Å². The Morgan fingerprint density at radius 1 is 1.25 bits per heavy atom. The summed E-state index contributed by atoms with van der Waals surface area (Å²) in [6, 6.07) is 8.68. The van der Waals surface area contributed by atoms with E-state index in [9.17, 15) is 4.39 Å². The lowest BCUT2D eigenvalue weighted by Gasteiger charge is -2.10. The second-order valence-electron chi connectivity index (χ2n) is 4.11. The number of ether oxygens (including phenoxy) is 2. The summed E-state index contributed by atoms with van der Waals surface area (Å²) in [5.74, 6) is 0.473. The molecule has 0 unspecified atom stereocenters. The van der Waals surface area contributed by atoms with E-state index in [0.717, 1.165) is 5.69 Å². The normalized spacial score (nSPS) is 10.2. The van der Waals surface area contributed by atoms with E-state index in [1.807, 2.05) is 13.0 Å². The Hall–Kier alpha value is -2.30. The van der Waals surface area contributed by atoms with Crippen molar-refractivity contribution >= 4 is 5.69 Å². The van der Waals surface area contributed by atoms with Gasteiger partial charge in [0.25, 0.3) is 0 Å². The molecular weight excluding hydrogens is 259 g/mol. The van der Waals surface area contributed by atoms with Gasteiger partial charge in [0.1, 0.15) is 0 Å². The predicted molar refractivity (Wildman–Crippen MR) is 75.7 cm³/mol. The molecular formula is C15H17FN2O2. The van der Waals surface area contributed by atoms with E-state index in [1.165, 1.54) is 7.11 Å². The molecule has 0 radical (unpaired) electrons. The van der Waals surface area contributed by atoms with Crippen molar-refractivity contribution in [3.05, 3.63) is 47.9 Å². The molecule has 4 nitrogen and oxygen atoms in total. The van der Waals surface area contributed by atoms with E-state index in [0.29, 0.717) is 24.6 Å². The highest BCUT2D eigenvalue weighted by atomic mass is 19.1.